The van der Waals surface area contributed by atoms with Gasteiger partial charge in [0.25, 0.3) is 0 Å². The average molecular weight is 322 g/mol. The molecule has 1 aliphatic heterocycles. The molecule has 0 aliphatic carbocycles. The lowest BCUT2D eigenvalue weighted by Gasteiger charge is -2.30. The molecule has 1 heterocycles. The Morgan fingerprint density at radius 1 is 1.41 bits per heavy atom. The number of thioether (sulfide) groups is 1. The Balaban J connectivity index is 1.67. The number of benzene rings is 1. The Hall–Kier alpha value is -1.04. The van der Waals surface area contributed by atoms with Gasteiger partial charge in [-0.05, 0) is 23.3 Å². The summed E-state index contributed by atoms with van der Waals surface area (Å²) in [5.41, 5.74) is 2.76. The molecule has 4 nitrogen and oxygen atoms in total. The van der Waals surface area contributed by atoms with Crippen LogP contribution in [0.25, 0.3) is 0 Å². The van der Waals surface area contributed by atoms with Crippen LogP contribution >= 0.6 is 11.8 Å². The fraction of sp³-hybridized carbons (Fsp3) is 0.588. The number of hydrogen-bond donors (Lipinski definition) is 2. The minimum atomic E-state index is -0.506. The third-order valence-corrected chi connectivity index (χ3v) is 4.79. The summed E-state index contributed by atoms with van der Waals surface area (Å²) < 4.78 is 0. The number of amides is 1. The van der Waals surface area contributed by atoms with Gasteiger partial charge in [0.1, 0.15) is 0 Å². The molecule has 22 heavy (non-hydrogen) atoms. The normalized spacial score (nSPS) is 16.1. The van der Waals surface area contributed by atoms with Crippen molar-refractivity contribution in [2.45, 2.75) is 32.4 Å². The van der Waals surface area contributed by atoms with Crippen molar-refractivity contribution in [1.29, 1.82) is 0 Å². The van der Waals surface area contributed by atoms with Crippen molar-refractivity contribution in [3.8, 4) is 0 Å². The Morgan fingerprint density at radius 2 is 2.18 bits per heavy atom. The van der Waals surface area contributed by atoms with E-state index in [2.05, 4.69) is 41.4 Å². The highest BCUT2D eigenvalue weighted by atomic mass is 32.2. The summed E-state index contributed by atoms with van der Waals surface area (Å²) >= 11 is 1.76. The van der Waals surface area contributed by atoms with Crippen molar-refractivity contribution in [1.82, 2.24) is 10.2 Å². The number of β-amino-alcohol motifs (C(OH)–C–C–N with tert-alkyl or cyclic N) is 1. The molecule has 0 saturated carbocycles. The van der Waals surface area contributed by atoms with E-state index in [1.807, 2.05) is 0 Å². The minimum absolute atomic E-state index is 0.0315. The van der Waals surface area contributed by atoms with Crippen molar-refractivity contribution in [2.75, 3.05) is 31.1 Å². The number of aliphatic hydroxyl groups excluding tert-OH is 1. The SMILES string of the molecule is CCSCCC(=O)NCC(O)CN1CCc2ccccc2C1. The Kier molecular flexibility index (Phi) is 7.22. The van der Waals surface area contributed by atoms with E-state index in [1.54, 1.807) is 11.8 Å². The fourth-order valence-corrected chi connectivity index (χ4v) is 3.32. The zero-order chi connectivity index (χ0) is 15.8. The quantitative estimate of drug-likeness (QED) is 0.715. The Bertz CT molecular complexity index is 481. The zero-order valence-corrected chi connectivity index (χ0v) is 14.1. The molecule has 1 aromatic carbocycles. The van der Waals surface area contributed by atoms with Crippen LogP contribution in [-0.2, 0) is 17.8 Å². The number of carbonyl (C=O) groups is 1. The van der Waals surface area contributed by atoms with Gasteiger partial charge in [0.15, 0.2) is 0 Å². The van der Waals surface area contributed by atoms with Crippen LogP contribution in [0.1, 0.15) is 24.5 Å². The van der Waals surface area contributed by atoms with Crippen LogP contribution in [0, 0.1) is 0 Å². The average Bonchev–Trinajstić information content (AvgIpc) is 2.53. The van der Waals surface area contributed by atoms with Crippen LogP contribution in [0.15, 0.2) is 24.3 Å². The van der Waals surface area contributed by atoms with Crippen LogP contribution < -0.4 is 5.32 Å². The first-order valence-corrected chi connectivity index (χ1v) is 9.16. The number of nitrogens with zero attached hydrogens (tertiary/aromatic N) is 1. The molecule has 1 unspecified atom stereocenters. The van der Waals surface area contributed by atoms with Gasteiger partial charge < -0.3 is 10.4 Å². The van der Waals surface area contributed by atoms with Gasteiger partial charge in [-0.1, -0.05) is 31.2 Å². The highest BCUT2D eigenvalue weighted by Crippen LogP contribution is 2.18. The van der Waals surface area contributed by atoms with Gasteiger partial charge in [-0.2, -0.15) is 11.8 Å². The first-order valence-electron chi connectivity index (χ1n) is 8.00. The molecule has 0 fully saturated rings. The molecule has 1 aliphatic rings. The molecule has 1 aromatic rings. The summed E-state index contributed by atoms with van der Waals surface area (Å²) in [7, 11) is 0. The van der Waals surface area contributed by atoms with Gasteiger partial charge in [0.05, 0.1) is 6.10 Å². The van der Waals surface area contributed by atoms with Gasteiger partial charge in [0.2, 0.25) is 5.91 Å². The van der Waals surface area contributed by atoms with Gasteiger partial charge >= 0.3 is 0 Å². The van der Waals surface area contributed by atoms with Gasteiger partial charge in [-0.3, -0.25) is 9.69 Å². The van der Waals surface area contributed by atoms with Gasteiger partial charge in [-0.15, -0.1) is 0 Å². The summed E-state index contributed by atoms with van der Waals surface area (Å²) in [6.45, 7) is 4.89. The number of hydrogen-bond acceptors (Lipinski definition) is 4. The summed E-state index contributed by atoms with van der Waals surface area (Å²) in [5, 5.41) is 12.9. The van der Waals surface area contributed by atoms with Crippen molar-refractivity contribution < 1.29 is 9.90 Å². The van der Waals surface area contributed by atoms with Crippen LogP contribution in [0.2, 0.25) is 0 Å². The number of carbonyl (C=O) groups excluding carboxylic acids is 1. The van der Waals surface area contributed by atoms with Crippen molar-refractivity contribution >= 4 is 17.7 Å². The van der Waals surface area contributed by atoms with Crippen molar-refractivity contribution in [3.05, 3.63) is 35.4 Å². The maximum Gasteiger partial charge on any atom is 0.220 e. The predicted molar refractivity (Wildman–Crippen MR) is 92.1 cm³/mol. The first kappa shape index (κ1) is 17.3. The molecule has 2 N–H and O–H groups in total. The van der Waals surface area contributed by atoms with E-state index in [0.29, 0.717) is 19.5 Å². The maximum absolute atomic E-state index is 11.6. The molecule has 2 rings (SSSR count). The van der Waals surface area contributed by atoms with Crippen LogP contribution in [0.3, 0.4) is 0 Å². The van der Waals surface area contributed by atoms with E-state index in [4.69, 9.17) is 0 Å². The lowest BCUT2D eigenvalue weighted by Crippen LogP contribution is -2.42. The number of aliphatic hydroxyl groups is 1. The summed E-state index contributed by atoms with van der Waals surface area (Å²) in [6.07, 6.45) is 1.05. The molecule has 0 saturated heterocycles. The van der Waals surface area contributed by atoms with E-state index in [9.17, 15) is 9.90 Å². The molecule has 1 amide bonds. The predicted octanol–water partition coefficient (Wildman–Crippen LogP) is 1.66. The van der Waals surface area contributed by atoms with Gasteiger partial charge in [0, 0.05) is 38.4 Å². The van der Waals surface area contributed by atoms with E-state index < -0.39 is 6.10 Å². The van der Waals surface area contributed by atoms with E-state index in [0.717, 1.165) is 31.0 Å². The molecule has 0 aromatic heterocycles. The third-order valence-electron chi connectivity index (χ3n) is 3.89. The smallest absolute Gasteiger partial charge is 0.220 e. The second-order valence-electron chi connectivity index (χ2n) is 5.66. The molecule has 1 atom stereocenters. The molecule has 122 valence electrons. The third kappa shape index (κ3) is 5.63. The first-order chi connectivity index (χ1) is 10.7. The second kappa shape index (κ2) is 9.18. The van der Waals surface area contributed by atoms with E-state index in [1.165, 1.54) is 11.1 Å². The second-order valence-corrected chi connectivity index (χ2v) is 7.05. The standard InChI is InChI=1S/C17H26N2O2S/c1-2-22-10-8-17(21)18-11-16(20)13-19-9-7-14-5-3-4-6-15(14)12-19/h3-6,16,20H,2,7-13H2,1H3,(H,18,21). The summed E-state index contributed by atoms with van der Waals surface area (Å²) in [5.74, 6) is 1.91. The number of rotatable bonds is 8. The number of fused-ring (bicyclic) bond motifs is 1. The van der Waals surface area contributed by atoms with E-state index >= 15 is 0 Å². The monoisotopic (exact) mass is 322 g/mol. The topological polar surface area (TPSA) is 52.6 Å². The molecular formula is C17H26N2O2S. The molecule has 0 radical (unpaired) electrons. The summed E-state index contributed by atoms with van der Waals surface area (Å²) in [6, 6.07) is 8.47. The van der Waals surface area contributed by atoms with Crippen LogP contribution in [0.5, 0.6) is 0 Å². The maximum atomic E-state index is 11.6. The molecule has 5 heteroatoms. The number of nitrogens with one attached hydrogen (secondary N) is 1. The van der Waals surface area contributed by atoms with Crippen LogP contribution in [-0.4, -0.2) is 53.2 Å². The lowest BCUT2D eigenvalue weighted by atomic mass is 10.00. The molecule has 0 bridgehead atoms. The van der Waals surface area contributed by atoms with E-state index in [-0.39, 0.29) is 5.91 Å². The Morgan fingerprint density at radius 3 is 2.95 bits per heavy atom. The summed E-state index contributed by atoms with van der Waals surface area (Å²) in [4.78, 5) is 13.9. The van der Waals surface area contributed by atoms with Crippen LogP contribution in [0.4, 0.5) is 0 Å². The fourth-order valence-electron chi connectivity index (χ4n) is 2.70. The Labute approximate surface area is 137 Å². The zero-order valence-electron chi connectivity index (χ0n) is 13.3. The van der Waals surface area contributed by atoms with Crippen molar-refractivity contribution in [3.63, 3.8) is 0 Å². The molecular weight excluding hydrogens is 296 g/mol. The van der Waals surface area contributed by atoms with Gasteiger partial charge in [-0.25, -0.2) is 0 Å². The van der Waals surface area contributed by atoms with Crippen molar-refractivity contribution in [2.24, 2.45) is 0 Å². The highest BCUT2D eigenvalue weighted by molar-refractivity contribution is 7.99. The lowest BCUT2D eigenvalue weighted by molar-refractivity contribution is -0.121. The minimum Gasteiger partial charge on any atom is -0.390 e. The largest absolute Gasteiger partial charge is 0.390 e. The molecule has 0 spiro atoms. The highest BCUT2D eigenvalue weighted by Gasteiger charge is 2.18.